The average Bonchev–Trinajstić information content (AvgIpc) is 2.70. The Morgan fingerprint density at radius 2 is 2.17 bits per heavy atom. The van der Waals surface area contributed by atoms with Gasteiger partial charge < -0.3 is 15.4 Å². The third kappa shape index (κ3) is 3.30. The lowest BCUT2D eigenvalue weighted by molar-refractivity contribution is -0.123. The van der Waals surface area contributed by atoms with E-state index in [1.807, 2.05) is 13.8 Å². The molecule has 2 rings (SSSR count). The fourth-order valence-electron chi connectivity index (χ4n) is 1.93. The highest BCUT2D eigenvalue weighted by Gasteiger charge is 2.15. The quantitative estimate of drug-likeness (QED) is 0.738. The first kappa shape index (κ1) is 13.0. The van der Waals surface area contributed by atoms with E-state index >= 15 is 0 Å². The predicted molar refractivity (Wildman–Crippen MR) is 68.5 cm³/mol. The lowest BCUT2D eigenvalue weighted by Gasteiger charge is -2.22. The molecule has 0 bridgehead atoms. The minimum Gasteiger partial charge on any atom is -0.368 e. The summed E-state index contributed by atoms with van der Waals surface area (Å²) in [6, 6.07) is 0. The molecule has 1 fully saturated rings. The van der Waals surface area contributed by atoms with Crippen LogP contribution in [0.4, 0.5) is 5.82 Å². The van der Waals surface area contributed by atoms with Crippen LogP contribution in [0.1, 0.15) is 24.1 Å². The van der Waals surface area contributed by atoms with Crippen molar-refractivity contribution in [2.45, 2.75) is 32.8 Å². The van der Waals surface area contributed by atoms with Crippen molar-refractivity contribution in [3.63, 3.8) is 0 Å². The number of H-pyrrole nitrogens is 1. The number of nitrogens with one attached hydrogen (secondary N) is 3. The summed E-state index contributed by atoms with van der Waals surface area (Å²) in [7, 11) is 0. The maximum atomic E-state index is 11.7. The molecule has 1 aromatic rings. The number of carbonyl (C=O) groups excluding carboxylic acids is 1. The Hall–Kier alpha value is -1.40. The summed E-state index contributed by atoms with van der Waals surface area (Å²) in [5.74, 6) is 0.439. The van der Waals surface area contributed by atoms with Crippen LogP contribution >= 0.6 is 0 Å². The van der Waals surface area contributed by atoms with Crippen LogP contribution in [-0.4, -0.2) is 41.9 Å². The first-order valence-corrected chi connectivity index (χ1v) is 6.30. The van der Waals surface area contributed by atoms with Crippen molar-refractivity contribution in [3.8, 4) is 0 Å². The van der Waals surface area contributed by atoms with E-state index in [9.17, 15) is 4.79 Å². The van der Waals surface area contributed by atoms with Gasteiger partial charge in [0.15, 0.2) is 5.82 Å². The van der Waals surface area contributed by atoms with Crippen LogP contribution in [-0.2, 0) is 9.53 Å². The summed E-state index contributed by atoms with van der Waals surface area (Å²) in [5, 5.41) is 12.9. The van der Waals surface area contributed by atoms with Crippen LogP contribution in [0.15, 0.2) is 0 Å². The molecule has 1 aromatic heterocycles. The zero-order valence-corrected chi connectivity index (χ0v) is 10.9. The molecule has 1 saturated heterocycles. The number of anilines is 1. The highest BCUT2D eigenvalue weighted by molar-refractivity contribution is 5.91. The molecule has 18 heavy (non-hydrogen) atoms. The first-order valence-electron chi connectivity index (χ1n) is 6.30. The molecule has 0 saturated carbocycles. The highest BCUT2D eigenvalue weighted by Crippen LogP contribution is 2.13. The maximum absolute atomic E-state index is 11.7. The van der Waals surface area contributed by atoms with Crippen molar-refractivity contribution in [2.24, 2.45) is 0 Å². The molecule has 6 nitrogen and oxygen atoms in total. The summed E-state index contributed by atoms with van der Waals surface area (Å²) in [6.07, 6.45) is 2.13. The number of nitrogens with zero attached hydrogens (tertiary/aromatic N) is 1. The molecule has 2 heterocycles. The SMILES string of the molecule is Cc1[nH]nc(NC(=O)COC2CCNCC2)c1C. The van der Waals surface area contributed by atoms with Crippen molar-refractivity contribution in [3.05, 3.63) is 11.3 Å². The number of carbonyl (C=O) groups is 1. The molecule has 6 heteroatoms. The minimum absolute atomic E-state index is 0.0933. The lowest BCUT2D eigenvalue weighted by Crippen LogP contribution is -2.34. The highest BCUT2D eigenvalue weighted by atomic mass is 16.5. The molecule has 3 N–H and O–H groups in total. The van der Waals surface area contributed by atoms with Crippen molar-refractivity contribution >= 4 is 11.7 Å². The van der Waals surface area contributed by atoms with Gasteiger partial charge in [-0.1, -0.05) is 0 Å². The number of piperidine rings is 1. The second-order valence-electron chi connectivity index (χ2n) is 4.63. The standard InChI is InChI=1S/C12H20N4O2/c1-8-9(2)15-16-12(8)14-11(17)7-18-10-3-5-13-6-4-10/h10,13H,3-7H2,1-2H3,(H2,14,15,16,17). The largest absolute Gasteiger partial charge is 0.368 e. The molecule has 1 amide bonds. The van der Waals surface area contributed by atoms with Gasteiger partial charge in [0.25, 0.3) is 5.91 Å². The van der Waals surface area contributed by atoms with E-state index in [1.54, 1.807) is 0 Å². The zero-order chi connectivity index (χ0) is 13.0. The Kier molecular flexibility index (Phi) is 4.33. The number of aromatic nitrogens is 2. The van der Waals surface area contributed by atoms with Crippen molar-refractivity contribution < 1.29 is 9.53 Å². The number of amides is 1. The number of rotatable bonds is 4. The lowest BCUT2D eigenvalue weighted by atomic mass is 10.1. The van der Waals surface area contributed by atoms with Gasteiger partial charge in [-0.25, -0.2) is 0 Å². The summed E-state index contributed by atoms with van der Waals surface area (Å²) < 4.78 is 5.57. The second-order valence-corrected chi connectivity index (χ2v) is 4.63. The average molecular weight is 252 g/mol. The summed E-state index contributed by atoms with van der Waals surface area (Å²) in [5.41, 5.74) is 1.93. The molecular weight excluding hydrogens is 232 g/mol. The van der Waals surface area contributed by atoms with Gasteiger partial charge in [-0.15, -0.1) is 0 Å². The number of hydrogen-bond donors (Lipinski definition) is 3. The van der Waals surface area contributed by atoms with E-state index in [1.165, 1.54) is 0 Å². The van der Waals surface area contributed by atoms with E-state index in [-0.39, 0.29) is 18.6 Å². The molecule has 0 aliphatic carbocycles. The van der Waals surface area contributed by atoms with E-state index < -0.39 is 0 Å². The van der Waals surface area contributed by atoms with Crippen molar-refractivity contribution in [2.75, 3.05) is 25.0 Å². The molecule has 0 aromatic carbocycles. The molecule has 0 radical (unpaired) electrons. The second kappa shape index (κ2) is 5.97. The fraction of sp³-hybridized carbons (Fsp3) is 0.667. The molecule has 1 aliphatic heterocycles. The fourth-order valence-corrected chi connectivity index (χ4v) is 1.93. The molecular formula is C12H20N4O2. The van der Waals surface area contributed by atoms with Crippen LogP contribution in [0.2, 0.25) is 0 Å². The number of aryl methyl sites for hydroxylation is 1. The summed E-state index contributed by atoms with van der Waals surface area (Å²) in [4.78, 5) is 11.7. The first-order chi connectivity index (χ1) is 8.66. The monoisotopic (exact) mass is 252 g/mol. The smallest absolute Gasteiger partial charge is 0.251 e. The van der Waals surface area contributed by atoms with Gasteiger partial charge in [-0.3, -0.25) is 9.89 Å². The van der Waals surface area contributed by atoms with Gasteiger partial charge in [0.05, 0.1) is 6.10 Å². The molecule has 1 aliphatic rings. The Bertz CT molecular complexity index is 410. The van der Waals surface area contributed by atoms with Crippen LogP contribution in [0.5, 0.6) is 0 Å². The number of aromatic amines is 1. The summed E-state index contributed by atoms with van der Waals surface area (Å²) >= 11 is 0. The maximum Gasteiger partial charge on any atom is 0.251 e. The minimum atomic E-state index is -0.150. The van der Waals surface area contributed by atoms with Crippen molar-refractivity contribution in [1.82, 2.24) is 15.5 Å². The third-order valence-electron chi connectivity index (χ3n) is 3.25. The van der Waals surface area contributed by atoms with Gasteiger partial charge in [-0.2, -0.15) is 5.10 Å². The van der Waals surface area contributed by atoms with E-state index in [4.69, 9.17) is 4.74 Å². The molecule has 0 unspecified atom stereocenters. The predicted octanol–water partition coefficient (Wildman–Crippen LogP) is 0.734. The van der Waals surface area contributed by atoms with E-state index in [0.29, 0.717) is 5.82 Å². The third-order valence-corrected chi connectivity index (χ3v) is 3.25. The Balaban J connectivity index is 1.76. The van der Waals surface area contributed by atoms with Gasteiger partial charge >= 0.3 is 0 Å². The van der Waals surface area contributed by atoms with Crippen molar-refractivity contribution in [1.29, 1.82) is 0 Å². The van der Waals surface area contributed by atoms with Crippen LogP contribution in [0, 0.1) is 13.8 Å². The van der Waals surface area contributed by atoms with Gasteiger partial charge in [0.1, 0.15) is 6.61 Å². The van der Waals surface area contributed by atoms with Gasteiger partial charge in [0, 0.05) is 11.3 Å². The Labute approximate surface area is 106 Å². The molecule has 0 spiro atoms. The molecule has 0 atom stereocenters. The normalized spacial score (nSPS) is 16.8. The van der Waals surface area contributed by atoms with Gasteiger partial charge in [0.2, 0.25) is 0 Å². The number of hydrogen-bond acceptors (Lipinski definition) is 4. The van der Waals surface area contributed by atoms with Crippen LogP contribution in [0.25, 0.3) is 0 Å². The Morgan fingerprint density at radius 1 is 1.44 bits per heavy atom. The van der Waals surface area contributed by atoms with E-state index in [0.717, 1.165) is 37.2 Å². The Morgan fingerprint density at radius 3 is 2.78 bits per heavy atom. The summed E-state index contributed by atoms with van der Waals surface area (Å²) in [6.45, 7) is 5.86. The topological polar surface area (TPSA) is 79.0 Å². The zero-order valence-electron chi connectivity index (χ0n) is 10.9. The van der Waals surface area contributed by atoms with E-state index in [2.05, 4.69) is 20.8 Å². The number of ether oxygens (including phenoxy) is 1. The molecule has 100 valence electrons. The van der Waals surface area contributed by atoms with Crippen LogP contribution < -0.4 is 10.6 Å². The van der Waals surface area contributed by atoms with Gasteiger partial charge in [-0.05, 0) is 39.8 Å². The van der Waals surface area contributed by atoms with Crippen LogP contribution in [0.3, 0.4) is 0 Å².